The largest absolute Gasteiger partial charge is 0.504 e. The van der Waals surface area contributed by atoms with Crippen LogP contribution in [0.1, 0.15) is 71.2 Å². The molecule has 6 rings (SSSR count). The Balaban J connectivity index is 1.35. The van der Waals surface area contributed by atoms with E-state index in [0.29, 0.717) is 35.2 Å². The molecule has 0 spiro atoms. The van der Waals surface area contributed by atoms with Gasteiger partial charge in [-0.05, 0) is 82.3 Å². The maximum absolute atomic E-state index is 14.2. The van der Waals surface area contributed by atoms with Gasteiger partial charge < -0.3 is 29.4 Å². The second-order valence-electron chi connectivity index (χ2n) is 13.2. The number of likely N-dealkylation sites (tertiary alicyclic amines) is 1. The minimum atomic E-state index is -4.62. The lowest BCUT2D eigenvalue weighted by Crippen LogP contribution is -2.39. The van der Waals surface area contributed by atoms with Gasteiger partial charge in [-0.25, -0.2) is 9.97 Å². The number of aryl methyl sites for hydroxylation is 1. The highest BCUT2D eigenvalue weighted by Gasteiger charge is 2.33. The number of oxazole rings is 1. The van der Waals surface area contributed by atoms with E-state index in [0.717, 1.165) is 18.2 Å². The predicted molar refractivity (Wildman–Crippen MR) is 185 cm³/mol. The number of pyridine rings is 1. The van der Waals surface area contributed by atoms with Crippen LogP contribution in [0, 0.1) is 13.8 Å². The number of hydrogen-bond donors (Lipinski definition) is 3. The topological polar surface area (TPSA) is 164 Å². The van der Waals surface area contributed by atoms with Crippen molar-refractivity contribution in [3.05, 3.63) is 97.8 Å². The van der Waals surface area contributed by atoms with Crippen LogP contribution in [0.3, 0.4) is 0 Å². The zero-order valence-electron chi connectivity index (χ0n) is 28.5. The molecular weight excluding hydrogens is 705 g/mol. The van der Waals surface area contributed by atoms with Gasteiger partial charge in [0.2, 0.25) is 22.8 Å². The van der Waals surface area contributed by atoms with Crippen LogP contribution in [0.25, 0.3) is 22.7 Å². The molecule has 0 unspecified atom stereocenters. The SMILES string of the molecule is Cc1ncnc(C(=O)N2CCC(c3c(C)n(CC(=O)Nc4ccc(C(F)(F)F)cc4Cl)c4nc(-c5ccc(C(C)(C)O)cc5)oc4c3=O)CC2)c1O. The average Bonchev–Trinajstić information content (AvgIpc) is 3.54. The van der Waals surface area contributed by atoms with Crippen LogP contribution < -0.4 is 10.7 Å². The highest BCUT2D eigenvalue weighted by molar-refractivity contribution is 6.33. The number of halogens is 4. The van der Waals surface area contributed by atoms with Gasteiger partial charge in [0.1, 0.15) is 12.9 Å². The first-order valence-electron chi connectivity index (χ1n) is 16.3. The molecule has 0 aliphatic carbocycles. The van der Waals surface area contributed by atoms with Crippen molar-refractivity contribution in [2.75, 3.05) is 18.4 Å². The molecule has 3 aromatic heterocycles. The lowest BCUT2D eigenvalue weighted by atomic mass is 9.87. The third-order valence-electron chi connectivity index (χ3n) is 9.22. The summed E-state index contributed by atoms with van der Waals surface area (Å²) < 4.78 is 47.2. The maximum Gasteiger partial charge on any atom is 0.416 e. The smallest absolute Gasteiger partial charge is 0.416 e. The molecule has 3 N–H and O–H groups in total. The number of benzene rings is 2. The number of alkyl halides is 3. The fourth-order valence-corrected chi connectivity index (χ4v) is 6.55. The van der Waals surface area contributed by atoms with E-state index < -0.39 is 41.1 Å². The average molecular weight is 739 g/mol. The Hall–Kier alpha value is -5.28. The number of rotatable bonds is 7. The second-order valence-corrected chi connectivity index (χ2v) is 13.6. The highest BCUT2D eigenvalue weighted by atomic mass is 35.5. The molecule has 4 heterocycles. The van der Waals surface area contributed by atoms with E-state index in [-0.39, 0.29) is 64.0 Å². The summed E-state index contributed by atoms with van der Waals surface area (Å²) in [6, 6.07) is 9.35. The quantitative estimate of drug-likeness (QED) is 0.173. The number of fused-ring (bicyclic) bond motifs is 1. The van der Waals surface area contributed by atoms with Crippen molar-refractivity contribution in [3.8, 4) is 17.2 Å². The summed E-state index contributed by atoms with van der Waals surface area (Å²) in [5.41, 5.74) is -0.514. The van der Waals surface area contributed by atoms with Crippen molar-refractivity contribution in [1.29, 1.82) is 0 Å². The Bertz CT molecular complexity index is 2250. The van der Waals surface area contributed by atoms with Crippen molar-refractivity contribution in [2.24, 2.45) is 0 Å². The Morgan fingerprint density at radius 2 is 1.69 bits per heavy atom. The van der Waals surface area contributed by atoms with Gasteiger partial charge in [-0.2, -0.15) is 18.2 Å². The minimum absolute atomic E-state index is 0.0375. The van der Waals surface area contributed by atoms with E-state index in [9.17, 15) is 37.8 Å². The molecule has 2 amide bonds. The maximum atomic E-state index is 14.2. The van der Waals surface area contributed by atoms with Crippen molar-refractivity contribution in [1.82, 2.24) is 24.4 Å². The number of aromatic nitrogens is 4. The molecule has 0 atom stereocenters. The monoisotopic (exact) mass is 738 g/mol. The Morgan fingerprint density at radius 1 is 1.04 bits per heavy atom. The van der Waals surface area contributed by atoms with Gasteiger partial charge in [-0.15, -0.1) is 0 Å². The van der Waals surface area contributed by atoms with E-state index in [1.165, 1.54) is 15.8 Å². The second kappa shape index (κ2) is 13.7. The van der Waals surface area contributed by atoms with Crippen LogP contribution >= 0.6 is 11.6 Å². The first-order chi connectivity index (χ1) is 24.4. The minimum Gasteiger partial charge on any atom is -0.504 e. The van der Waals surface area contributed by atoms with E-state index >= 15 is 0 Å². The Labute approximate surface area is 299 Å². The molecule has 5 aromatic rings. The molecule has 272 valence electrons. The van der Waals surface area contributed by atoms with Gasteiger partial charge in [0, 0.05) is 29.9 Å². The lowest BCUT2D eigenvalue weighted by Gasteiger charge is -2.32. The van der Waals surface area contributed by atoms with Crippen LogP contribution in [-0.2, 0) is 23.1 Å². The van der Waals surface area contributed by atoms with Gasteiger partial charge in [0.25, 0.3) is 5.91 Å². The highest BCUT2D eigenvalue weighted by Crippen LogP contribution is 2.35. The zero-order chi connectivity index (χ0) is 37.7. The van der Waals surface area contributed by atoms with Gasteiger partial charge in [-0.1, -0.05) is 23.7 Å². The summed E-state index contributed by atoms with van der Waals surface area (Å²) in [4.78, 5) is 54.8. The lowest BCUT2D eigenvalue weighted by molar-refractivity contribution is -0.137. The standard InChI is InChI=1S/C36H34ClF3N6O6/c1-18-29(48)28(42-17-41-18)34(50)45-13-11-20(12-14-45)27-19(2)46(16-26(47)43-25-10-9-23(15-24(25)37)36(38,39)40)32-31(30(27)49)52-33(44-32)21-5-7-22(8-6-21)35(3,4)51/h5-10,15,17,20,48,51H,11-14,16H2,1-4H3,(H,43,47). The van der Waals surface area contributed by atoms with Crippen molar-refractivity contribution in [3.63, 3.8) is 0 Å². The fraction of sp³-hybridized carbons (Fsp3) is 0.333. The van der Waals surface area contributed by atoms with Crippen LogP contribution in [0.4, 0.5) is 18.9 Å². The number of carbonyl (C=O) groups excluding carboxylic acids is 2. The summed E-state index contributed by atoms with van der Waals surface area (Å²) in [6.07, 6.45) is -2.69. The number of nitrogens with zero attached hydrogens (tertiary/aromatic N) is 5. The molecule has 52 heavy (non-hydrogen) atoms. The number of anilines is 1. The summed E-state index contributed by atoms with van der Waals surface area (Å²) in [6.45, 7) is 6.59. The number of carbonyl (C=O) groups is 2. The van der Waals surface area contributed by atoms with Crippen LogP contribution in [0.5, 0.6) is 5.75 Å². The first-order valence-corrected chi connectivity index (χ1v) is 16.7. The molecule has 16 heteroatoms. The van der Waals surface area contributed by atoms with Crippen LogP contribution in [-0.4, -0.2) is 59.5 Å². The summed E-state index contributed by atoms with van der Waals surface area (Å²) in [5.74, 6) is -1.70. The van der Waals surface area contributed by atoms with Crippen molar-refractivity contribution >= 4 is 40.3 Å². The Morgan fingerprint density at radius 3 is 2.31 bits per heavy atom. The number of piperidine rings is 1. The van der Waals surface area contributed by atoms with E-state index in [2.05, 4.69) is 20.3 Å². The summed E-state index contributed by atoms with van der Waals surface area (Å²) >= 11 is 6.10. The zero-order valence-corrected chi connectivity index (χ0v) is 29.3. The first kappa shape index (κ1) is 36.5. The van der Waals surface area contributed by atoms with E-state index in [4.69, 9.17) is 16.0 Å². The van der Waals surface area contributed by atoms with Gasteiger partial charge in [0.05, 0.1) is 27.6 Å². The van der Waals surface area contributed by atoms with Crippen LogP contribution in [0.2, 0.25) is 5.02 Å². The molecule has 1 aliphatic heterocycles. The molecule has 1 aliphatic rings. The van der Waals surface area contributed by atoms with E-state index in [1.54, 1.807) is 52.0 Å². The molecular formula is C36H34ClF3N6O6. The summed E-state index contributed by atoms with van der Waals surface area (Å²) in [7, 11) is 0. The molecule has 1 saturated heterocycles. The molecule has 12 nitrogen and oxygen atoms in total. The van der Waals surface area contributed by atoms with Crippen LogP contribution in [0.15, 0.2) is 58.0 Å². The molecule has 2 aromatic carbocycles. The molecule has 1 fully saturated rings. The number of hydrogen-bond acceptors (Lipinski definition) is 9. The number of amides is 2. The van der Waals surface area contributed by atoms with Crippen molar-refractivity contribution < 1.29 is 37.4 Å². The van der Waals surface area contributed by atoms with Gasteiger partial charge in [-0.3, -0.25) is 14.4 Å². The summed E-state index contributed by atoms with van der Waals surface area (Å²) in [5, 5.41) is 23.0. The fourth-order valence-electron chi connectivity index (χ4n) is 6.32. The van der Waals surface area contributed by atoms with Gasteiger partial charge >= 0.3 is 6.18 Å². The third-order valence-corrected chi connectivity index (χ3v) is 9.53. The van der Waals surface area contributed by atoms with E-state index in [1.807, 2.05) is 0 Å². The normalized spacial score (nSPS) is 14.2. The number of aromatic hydroxyl groups is 1. The molecule has 0 bridgehead atoms. The Kier molecular flexibility index (Phi) is 9.61. The molecule has 0 radical (unpaired) electrons. The number of aliphatic hydroxyl groups is 1. The molecule has 0 saturated carbocycles. The third kappa shape index (κ3) is 7.10. The van der Waals surface area contributed by atoms with Crippen molar-refractivity contribution in [2.45, 2.75) is 64.8 Å². The predicted octanol–water partition coefficient (Wildman–Crippen LogP) is 6.33. The number of nitrogens with one attached hydrogen (secondary N) is 1. The van der Waals surface area contributed by atoms with Gasteiger partial charge in [0.15, 0.2) is 17.1 Å².